The number of Topliss-reactive ketones (excluding diaryl/α,β-unsaturated/α-hetero) is 1. The van der Waals surface area contributed by atoms with Gasteiger partial charge in [-0.3, -0.25) is 4.79 Å². The number of halogens is 4. The molecule has 0 bridgehead atoms. The van der Waals surface area contributed by atoms with E-state index < -0.39 is 23.3 Å². The van der Waals surface area contributed by atoms with Crippen molar-refractivity contribution in [2.75, 3.05) is 6.54 Å². The average Bonchev–Trinajstić information content (AvgIpc) is 2.15. The summed E-state index contributed by atoms with van der Waals surface area (Å²) >= 11 is 2.84. The van der Waals surface area contributed by atoms with Crippen LogP contribution in [0.3, 0.4) is 0 Å². The molecule has 0 atom stereocenters. The Morgan fingerprint density at radius 2 is 2.00 bits per heavy atom. The highest BCUT2D eigenvalue weighted by Gasteiger charge is 2.32. The first-order valence-electron chi connectivity index (χ1n) is 4.60. The van der Waals surface area contributed by atoms with Crippen molar-refractivity contribution in [2.45, 2.75) is 12.6 Å². The zero-order valence-electron chi connectivity index (χ0n) is 8.51. The number of alkyl halides is 3. The summed E-state index contributed by atoms with van der Waals surface area (Å²) in [6.45, 7) is 0.0612. The fraction of sp³-hybridized carbons (Fsp3) is 0.300. The molecule has 0 spiro atoms. The van der Waals surface area contributed by atoms with Gasteiger partial charge in [-0.1, -0.05) is 0 Å². The number of hydrogen-bond donors (Lipinski definition) is 2. The summed E-state index contributed by atoms with van der Waals surface area (Å²) in [5.41, 5.74) is 3.97. The molecule has 0 aliphatic rings. The fourth-order valence-electron chi connectivity index (χ4n) is 1.29. The van der Waals surface area contributed by atoms with Crippen LogP contribution in [0.5, 0.6) is 5.75 Å². The largest absolute Gasteiger partial charge is 0.507 e. The van der Waals surface area contributed by atoms with Crippen molar-refractivity contribution < 1.29 is 23.1 Å². The second-order valence-corrected chi connectivity index (χ2v) is 4.17. The van der Waals surface area contributed by atoms with E-state index in [1.165, 1.54) is 0 Å². The van der Waals surface area contributed by atoms with Gasteiger partial charge < -0.3 is 10.8 Å². The van der Waals surface area contributed by atoms with Crippen molar-refractivity contribution >= 4 is 21.7 Å². The summed E-state index contributed by atoms with van der Waals surface area (Å²) in [5, 5.41) is 9.44. The molecule has 3 nitrogen and oxygen atoms in total. The van der Waals surface area contributed by atoms with Crippen LogP contribution in [0.25, 0.3) is 0 Å². The molecular weight excluding hydrogens is 303 g/mol. The van der Waals surface area contributed by atoms with Gasteiger partial charge >= 0.3 is 6.18 Å². The van der Waals surface area contributed by atoms with E-state index in [1.54, 1.807) is 0 Å². The molecular formula is C10H9BrF3NO2. The molecule has 0 aromatic heterocycles. The Hall–Kier alpha value is -1.08. The first-order valence-corrected chi connectivity index (χ1v) is 5.39. The number of hydrogen-bond acceptors (Lipinski definition) is 3. The van der Waals surface area contributed by atoms with Crippen molar-refractivity contribution in [3.05, 3.63) is 27.7 Å². The standard InChI is InChI=1S/C10H9BrF3NO2/c11-6-3-5(10(12,13)14)4-8(17)9(6)7(16)1-2-15/h3-4,17H,1-2,15H2. The third-order valence-corrected chi connectivity index (χ3v) is 2.67. The summed E-state index contributed by atoms with van der Waals surface area (Å²) in [6.07, 6.45) is -4.62. The van der Waals surface area contributed by atoms with E-state index in [0.717, 1.165) is 6.07 Å². The Labute approximate surface area is 104 Å². The van der Waals surface area contributed by atoms with E-state index in [9.17, 15) is 23.1 Å². The van der Waals surface area contributed by atoms with Crippen molar-refractivity contribution in [2.24, 2.45) is 5.73 Å². The van der Waals surface area contributed by atoms with Crippen LogP contribution in [-0.2, 0) is 6.18 Å². The normalized spacial score (nSPS) is 11.6. The monoisotopic (exact) mass is 311 g/mol. The molecule has 1 aromatic rings. The van der Waals surface area contributed by atoms with Crippen LogP contribution in [0, 0.1) is 0 Å². The summed E-state index contributed by atoms with van der Waals surface area (Å²) in [5.74, 6) is -1.21. The number of aromatic hydroxyl groups is 1. The lowest BCUT2D eigenvalue weighted by atomic mass is 10.0. The lowest BCUT2D eigenvalue weighted by Crippen LogP contribution is -2.11. The lowest BCUT2D eigenvalue weighted by molar-refractivity contribution is -0.137. The Morgan fingerprint density at radius 1 is 1.41 bits per heavy atom. The van der Waals surface area contributed by atoms with Crippen LogP contribution in [0.1, 0.15) is 22.3 Å². The van der Waals surface area contributed by atoms with Crippen molar-refractivity contribution in [1.82, 2.24) is 0 Å². The molecule has 0 saturated heterocycles. The van der Waals surface area contributed by atoms with Gasteiger partial charge in [-0.25, -0.2) is 0 Å². The average molecular weight is 312 g/mol. The number of phenols is 1. The summed E-state index contributed by atoms with van der Waals surface area (Å²) < 4.78 is 37.1. The maximum atomic E-state index is 12.4. The van der Waals surface area contributed by atoms with E-state index in [0.29, 0.717) is 6.07 Å². The molecule has 0 heterocycles. The second kappa shape index (κ2) is 5.05. The Bertz CT molecular complexity index is 423. The zero-order chi connectivity index (χ0) is 13.2. The third-order valence-electron chi connectivity index (χ3n) is 2.05. The first-order chi connectivity index (χ1) is 7.77. The number of nitrogens with two attached hydrogens (primary N) is 1. The maximum Gasteiger partial charge on any atom is 0.416 e. The highest BCUT2D eigenvalue weighted by atomic mass is 79.9. The molecule has 0 aliphatic heterocycles. The Kier molecular flexibility index (Phi) is 4.16. The number of phenolic OH excluding ortho intramolecular Hbond substituents is 1. The van der Waals surface area contributed by atoms with Crippen LogP contribution >= 0.6 is 15.9 Å². The zero-order valence-corrected chi connectivity index (χ0v) is 10.1. The molecule has 1 aromatic carbocycles. The topological polar surface area (TPSA) is 63.3 Å². The highest BCUT2D eigenvalue weighted by molar-refractivity contribution is 9.10. The van der Waals surface area contributed by atoms with Crippen molar-refractivity contribution in [3.63, 3.8) is 0 Å². The van der Waals surface area contributed by atoms with E-state index in [-0.39, 0.29) is 23.0 Å². The van der Waals surface area contributed by atoms with Gasteiger partial charge in [-0.05, 0) is 34.6 Å². The van der Waals surface area contributed by atoms with Gasteiger partial charge in [-0.2, -0.15) is 13.2 Å². The summed E-state index contributed by atoms with van der Waals surface area (Å²) in [6, 6.07) is 1.28. The molecule has 1 rings (SSSR count). The SMILES string of the molecule is NCCC(=O)c1c(O)cc(C(F)(F)F)cc1Br. The van der Waals surface area contributed by atoms with Gasteiger partial charge in [0.05, 0.1) is 11.1 Å². The smallest absolute Gasteiger partial charge is 0.416 e. The number of ketones is 1. The fourth-order valence-corrected chi connectivity index (χ4v) is 1.96. The van der Waals surface area contributed by atoms with E-state index >= 15 is 0 Å². The van der Waals surface area contributed by atoms with Crippen LogP contribution in [0.4, 0.5) is 13.2 Å². The minimum atomic E-state index is -4.57. The van der Waals surface area contributed by atoms with Crippen molar-refractivity contribution in [3.8, 4) is 5.75 Å². The predicted molar refractivity (Wildman–Crippen MR) is 58.8 cm³/mol. The van der Waals surface area contributed by atoms with Gasteiger partial charge in [0.25, 0.3) is 0 Å². The minimum absolute atomic E-state index is 0.0441. The molecule has 94 valence electrons. The van der Waals surface area contributed by atoms with Gasteiger partial charge in [0, 0.05) is 10.9 Å². The first kappa shape index (κ1) is 14.0. The van der Waals surface area contributed by atoms with Crippen LogP contribution in [0.15, 0.2) is 16.6 Å². The van der Waals surface area contributed by atoms with E-state index in [1.807, 2.05) is 0 Å². The lowest BCUT2D eigenvalue weighted by Gasteiger charge is -2.11. The molecule has 0 unspecified atom stereocenters. The van der Waals surface area contributed by atoms with Gasteiger partial charge in [0.2, 0.25) is 0 Å². The molecule has 0 fully saturated rings. The minimum Gasteiger partial charge on any atom is -0.507 e. The van der Waals surface area contributed by atoms with E-state index in [4.69, 9.17) is 5.73 Å². The predicted octanol–water partition coefficient (Wildman–Crippen LogP) is 2.71. The number of carbonyl (C=O) groups is 1. The quantitative estimate of drug-likeness (QED) is 0.844. The Morgan fingerprint density at radius 3 is 2.41 bits per heavy atom. The van der Waals surface area contributed by atoms with Crippen LogP contribution in [0.2, 0.25) is 0 Å². The summed E-state index contributed by atoms with van der Waals surface area (Å²) in [7, 11) is 0. The number of carbonyl (C=O) groups excluding carboxylic acids is 1. The molecule has 3 N–H and O–H groups in total. The molecule has 0 aliphatic carbocycles. The van der Waals surface area contributed by atoms with Gasteiger partial charge in [0.1, 0.15) is 5.75 Å². The van der Waals surface area contributed by atoms with Crippen LogP contribution < -0.4 is 5.73 Å². The Balaban J connectivity index is 3.25. The molecule has 7 heteroatoms. The summed E-state index contributed by atoms with van der Waals surface area (Å²) in [4.78, 5) is 11.5. The second-order valence-electron chi connectivity index (χ2n) is 3.31. The van der Waals surface area contributed by atoms with Gasteiger partial charge in [0.15, 0.2) is 5.78 Å². The number of benzene rings is 1. The molecule has 0 radical (unpaired) electrons. The van der Waals surface area contributed by atoms with Gasteiger partial charge in [-0.15, -0.1) is 0 Å². The molecule has 17 heavy (non-hydrogen) atoms. The molecule has 0 saturated carbocycles. The highest BCUT2D eigenvalue weighted by Crippen LogP contribution is 2.37. The number of rotatable bonds is 3. The van der Waals surface area contributed by atoms with Crippen molar-refractivity contribution in [1.29, 1.82) is 0 Å². The third kappa shape index (κ3) is 3.19. The maximum absolute atomic E-state index is 12.4. The van der Waals surface area contributed by atoms with E-state index in [2.05, 4.69) is 15.9 Å². The molecule has 0 amide bonds. The van der Waals surface area contributed by atoms with Crippen LogP contribution in [-0.4, -0.2) is 17.4 Å².